The highest BCUT2D eigenvalue weighted by Gasteiger charge is 2.76. The van der Waals surface area contributed by atoms with Gasteiger partial charge in [-0.2, -0.15) is 0 Å². The molecule has 1 aromatic rings. The number of alkyl halides is 1. The fraction of sp³-hybridized carbons (Fsp3) is 0.653. The molecule has 7 fully saturated rings. The molecule has 1 aromatic carbocycles. The summed E-state index contributed by atoms with van der Waals surface area (Å²) >= 11 is 3.05. The van der Waals surface area contributed by atoms with Gasteiger partial charge in [0.25, 0.3) is 11.8 Å². The van der Waals surface area contributed by atoms with Crippen LogP contribution in [-0.2, 0) is 44.6 Å². The van der Waals surface area contributed by atoms with Crippen LogP contribution in [-0.4, -0.2) is 105 Å². The van der Waals surface area contributed by atoms with Crippen molar-refractivity contribution in [2.24, 2.45) is 39.0 Å². The Balaban J connectivity index is 0.875. The fourth-order valence-corrected chi connectivity index (χ4v) is 13.4. The van der Waals surface area contributed by atoms with Crippen LogP contribution in [0.15, 0.2) is 53.1 Å². The van der Waals surface area contributed by atoms with Crippen molar-refractivity contribution in [2.75, 3.05) is 25.0 Å². The van der Waals surface area contributed by atoms with E-state index < -0.39 is 70.8 Å². The molecule has 1 unspecified atom stereocenters. The van der Waals surface area contributed by atoms with E-state index in [1.807, 2.05) is 37.3 Å². The highest BCUT2D eigenvalue weighted by Crippen LogP contribution is 2.71. The molecule has 6 saturated carbocycles. The van der Waals surface area contributed by atoms with Crippen molar-refractivity contribution in [2.45, 2.75) is 140 Å². The summed E-state index contributed by atoms with van der Waals surface area (Å²) in [6.45, 7) is 8.78. The average Bonchev–Trinajstić information content (AvgIpc) is 3.73. The average molecular weight is 964 g/mol. The van der Waals surface area contributed by atoms with E-state index in [0.717, 1.165) is 55.2 Å². The second-order valence-corrected chi connectivity index (χ2v) is 21.8. The van der Waals surface area contributed by atoms with Crippen molar-refractivity contribution in [3.8, 4) is 0 Å². The lowest BCUT2D eigenvalue weighted by atomic mass is 9.38. The minimum Gasteiger partial charge on any atom is -0.444 e. The first-order valence-electron chi connectivity index (χ1n) is 23.1. The zero-order valence-electron chi connectivity index (χ0n) is 38.0. The zero-order valence-corrected chi connectivity index (χ0v) is 39.6. The Kier molecular flexibility index (Phi) is 12.8. The molecule has 9 atom stereocenters. The lowest BCUT2D eigenvalue weighted by Gasteiger charge is -2.71. The van der Waals surface area contributed by atoms with Gasteiger partial charge in [0.1, 0.15) is 17.9 Å². The van der Waals surface area contributed by atoms with Gasteiger partial charge < -0.3 is 40.4 Å². The molecule has 15 nitrogen and oxygen atoms in total. The monoisotopic (exact) mass is 962 g/mol. The highest BCUT2D eigenvalue weighted by atomic mass is 79.9. The number of alkyl carbamates (subject to hydrolysis) is 1. The van der Waals surface area contributed by atoms with Gasteiger partial charge in [-0.1, -0.05) is 65.7 Å². The SMILES string of the molecule is CC(C)(C)OC(=O)NCCCCC(=NC(=O)CNC(=O)CBr)C(=O)NC12CC(Cc3ccc(C4O[C@@H]5C[C@H]6[C@@H]7CCC8=CC(=O)C=C[C@]8(C)[C@H]7[C@@H](O)C[C@]6(C)[C@]5(C(=O)CO)O4)cc3)(C1)C2. The summed E-state index contributed by atoms with van der Waals surface area (Å²) in [5.74, 6) is -1.91. The molecular formula is C49H63BrN4O11. The highest BCUT2D eigenvalue weighted by molar-refractivity contribution is 9.09. The fourth-order valence-electron chi connectivity index (χ4n) is 13.2. The minimum absolute atomic E-state index is 0.00432. The normalized spacial score (nSPS) is 36.4. The molecule has 0 aromatic heterocycles. The maximum atomic E-state index is 14.0. The number of aliphatic hydroxyl groups excluding tert-OH is 2. The summed E-state index contributed by atoms with van der Waals surface area (Å²) in [6, 6.07) is 8.01. The number of benzene rings is 1. The number of amides is 4. The standard InChI is InChI=1S/C49H63BrN4O11/c1-44(2,3)65-43(62)51-17-7-6-8-34(53-39(60)23-52-38(59)22-50)41(61)54-48-25-47(26-48,27-48)20-28-9-11-29(12-10-28)42-63-37-19-33-32-14-13-30-18-31(56)15-16-45(30,4)40(32)35(57)21-46(33,5)49(37,64-42)36(58)24-55/h9-12,15-16,18,32-33,35,37,40,42,55,57H,6-8,13-14,17,19-27H2,1-5H3,(H,51,62)(H,52,59)(H,54,61)/t32-,33-,35-,37+,40+,42?,45-,46-,47?,48?,49+/m0/s1. The van der Waals surface area contributed by atoms with Crippen LogP contribution in [0.1, 0.15) is 116 Å². The predicted octanol–water partition coefficient (Wildman–Crippen LogP) is 5.04. The largest absolute Gasteiger partial charge is 0.444 e. The number of ketones is 2. The molecule has 1 aliphatic heterocycles. The molecule has 4 amide bonds. The minimum atomic E-state index is -1.43. The summed E-state index contributed by atoms with van der Waals surface area (Å²) < 4.78 is 18.7. The maximum absolute atomic E-state index is 14.0. The second-order valence-electron chi connectivity index (χ2n) is 21.3. The molecule has 352 valence electrons. The first kappa shape index (κ1) is 47.4. The van der Waals surface area contributed by atoms with Gasteiger partial charge in [-0.25, -0.2) is 9.79 Å². The van der Waals surface area contributed by atoms with Crippen LogP contribution in [0.5, 0.6) is 0 Å². The molecule has 0 radical (unpaired) electrons. The molecule has 9 rings (SSSR count). The number of ether oxygens (including phenoxy) is 3. The van der Waals surface area contributed by atoms with Crippen molar-refractivity contribution >= 4 is 57.0 Å². The van der Waals surface area contributed by atoms with E-state index in [2.05, 4.69) is 43.8 Å². The van der Waals surface area contributed by atoms with Crippen molar-refractivity contribution in [3.05, 3.63) is 59.2 Å². The Hall–Kier alpha value is -4.09. The first-order valence-corrected chi connectivity index (χ1v) is 24.2. The number of unbranched alkanes of at least 4 members (excludes halogenated alkanes) is 1. The number of allylic oxidation sites excluding steroid dienone is 4. The summed E-state index contributed by atoms with van der Waals surface area (Å²) in [6.07, 6.45) is 9.33. The lowest BCUT2D eigenvalue weighted by Crippen LogP contribution is -2.75. The van der Waals surface area contributed by atoms with E-state index in [1.165, 1.54) is 0 Å². The van der Waals surface area contributed by atoms with Crippen LogP contribution < -0.4 is 16.0 Å². The van der Waals surface area contributed by atoms with E-state index in [4.69, 9.17) is 14.2 Å². The molecule has 65 heavy (non-hydrogen) atoms. The summed E-state index contributed by atoms with van der Waals surface area (Å²) in [5, 5.41) is 30.7. The Labute approximate surface area is 388 Å². The Morgan fingerprint density at radius 3 is 2.43 bits per heavy atom. The van der Waals surface area contributed by atoms with Gasteiger partial charge in [0, 0.05) is 34.4 Å². The number of fused-ring (bicyclic) bond motifs is 7. The number of nitrogens with one attached hydrogen (secondary N) is 3. The molecule has 0 spiro atoms. The number of rotatable bonds is 15. The quantitative estimate of drug-likeness (QED) is 0.0891. The van der Waals surface area contributed by atoms with Crippen LogP contribution in [0.25, 0.3) is 0 Å². The smallest absolute Gasteiger partial charge is 0.407 e. The van der Waals surface area contributed by atoms with E-state index in [0.29, 0.717) is 32.2 Å². The maximum Gasteiger partial charge on any atom is 0.407 e. The lowest BCUT2D eigenvalue weighted by molar-refractivity contribution is -0.201. The van der Waals surface area contributed by atoms with Crippen LogP contribution >= 0.6 is 15.9 Å². The Morgan fingerprint density at radius 1 is 1.03 bits per heavy atom. The number of aliphatic imine (C=N–C) groups is 1. The number of carbonyl (C=O) groups excluding carboxylic acids is 6. The van der Waals surface area contributed by atoms with Crippen molar-refractivity contribution in [3.63, 3.8) is 0 Å². The number of carbonyl (C=O) groups is 6. The number of Topliss-reactive ketones (excluding diaryl/α,β-unsaturated/α-hetero) is 1. The van der Waals surface area contributed by atoms with E-state index in [-0.39, 0.29) is 64.4 Å². The van der Waals surface area contributed by atoms with Gasteiger partial charge >= 0.3 is 6.09 Å². The number of hydrogen-bond donors (Lipinski definition) is 5. The number of nitrogens with zero attached hydrogens (tertiary/aromatic N) is 1. The predicted molar refractivity (Wildman–Crippen MR) is 242 cm³/mol. The van der Waals surface area contributed by atoms with Gasteiger partial charge in [-0.3, -0.25) is 24.0 Å². The van der Waals surface area contributed by atoms with Crippen molar-refractivity contribution in [1.82, 2.24) is 16.0 Å². The van der Waals surface area contributed by atoms with Crippen LogP contribution in [0.2, 0.25) is 0 Å². The molecule has 7 aliphatic carbocycles. The van der Waals surface area contributed by atoms with E-state index in [9.17, 15) is 39.0 Å². The summed E-state index contributed by atoms with van der Waals surface area (Å²) in [7, 11) is 0. The third-order valence-corrected chi connectivity index (χ3v) is 16.2. The van der Waals surface area contributed by atoms with E-state index >= 15 is 0 Å². The topological polar surface area (TPSA) is 219 Å². The molecule has 1 heterocycles. The van der Waals surface area contributed by atoms with Gasteiger partial charge in [-0.05, 0) is 126 Å². The second kappa shape index (κ2) is 17.5. The number of aliphatic hydroxyl groups is 2. The third kappa shape index (κ3) is 8.71. The molecular weight excluding hydrogens is 900 g/mol. The zero-order chi connectivity index (χ0) is 46.7. The molecule has 2 bridgehead atoms. The van der Waals surface area contributed by atoms with Crippen molar-refractivity contribution < 1.29 is 53.2 Å². The molecule has 16 heteroatoms. The first-order chi connectivity index (χ1) is 30.7. The number of hydrogen-bond acceptors (Lipinski definition) is 11. The molecule has 1 saturated heterocycles. The Bertz CT molecular complexity index is 2200. The van der Waals surface area contributed by atoms with Crippen LogP contribution in [0, 0.1) is 34.0 Å². The molecule has 8 aliphatic rings. The summed E-state index contributed by atoms with van der Waals surface area (Å²) in [4.78, 5) is 80.4. The molecule has 5 N–H and O–H groups in total. The van der Waals surface area contributed by atoms with Gasteiger partial charge in [0.15, 0.2) is 23.5 Å². The van der Waals surface area contributed by atoms with Crippen LogP contribution in [0.3, 0.4) is 0 Å². The summed E-state index contributed by atoms with van der Waals surface area (Å²) in [5.41, 5.74) is -0.662. The van der Waals surface area contributed by atoms with Crippen molar-refractivity contribution in [1.29, 1.82) is 0 Å². The number of halogens is 1. The van der Waals surface area contributed by atoms with Gasteiger partial charge in [0.2, 0.25) is 5.91 Å². The Morgan fingerprint density at radius 2 is 1.75 bits per heavy atom. The van der Waals surface area contributed by atoms with Gasteiger partial charge in [-0.15, -0.1) is 0 Å². The third-order valence-electron chi connectivity index (χ3n) is 15.7. The van der Waals surface area contributed by atoms with E-state index in [1.54, 1.807) is 32.9 Å². The van der Waals surface area contributed by atoms with Gasteiger partial charge in [0.05, 0.1) is 24.1 Å². The van der Waals surface area contributed by atoms with Crippen LogP contribution in [0.4, 0.5) is 4.79 Å².